The highest BCUT2D eigenvalue weighted by atomic mass is 35.5. The largest absolute Gasteiger partial charge is 0.457 e. The van der Waals surface area contributed by atoms with Crippen LogP contribution in [-0.2, 0) is 32.6 Å². The second-order valence-corrected chi connectivity index (χ2v) is 15.1. The summed E-state index contributed by atoms with van der Waals surface area (Å²) in [6, 6.07) is 39.1. The van der Waals surface area contributed by atoms with Crippen molar-refractivity contribution in [3.63, 3.8) is 0 Å². The number of amides is 2. The zero-order valence-corrected chi connectivity index (χ0v) is 29.8. The Balaban J connectivity index is 1.56. The van der Waals surface area contributed by atoms with Crippen molar-refractivity contribution in [3.05, 3.63) is 156 Å². The molecule has 1 atom stereocenters. The van der Waals surface area contributed by atoms with Crippen LogP contribution in [-0.4, -0.2) is 43.3 Å². The second-order valence-electron chi connectivity index (χ2n) is 12.8. The van der Waals surface area contributed by atoms with E-state index in [1.54, 1.807) is 60.7 Å². The molecule has 258 valence electrons. The molecule has 0 spiro atoms. The number of rotatable bonds is 13. The number of para-hydroxylation sites is 1. The fourth-order valence-corrected chi connectivity index (χ4v) is 7.04. The molecule has 50 heavy (non-hydrogen) atoms. The maximum absolute atomic E-state index is 14.7. The number of anilines is 1. The number of benzene rings is 5. The summed E-state index contributed by atoms with van der Waals surface area (Å²) in [5.74, 6) is 0.183. The molecule has 0 unspecified atom stereocenters. The minimum Gasteiger partial charge on any atom is -0.457 e. The zero-order chi connectivity index (χ0) is 35.7. The van der Waals surface area contributed by atoms with Crippen molar-refractivity contribution >= 4 is 39.1 Å². The summed E-state index contributed by atoms with van der Waals surface area (Å²) in [5, 5.41) is 3.51. The molecule has 5 aromatic carbocycles. The van der Waals surface area contributed by atoms with Crippen molar-refractivity contribution in [2.75, 3.05) is 10.8 Å². The zero-order valence-electron chi connectivity index (χ0n) is 28.2. The third-order valence-electron chi connectivity index (χ3n) is 7.72. The van der Waals surface area contributed by atoms with Gasteiger partial charge in [0.15, 0.2) is 0 Å². The Kier molecular flexibility index (Phi) is 11.6. The monoisotopic (exact) mass is 709 g/mol. The van der Waals surface area contributed by atoms with Gasteiger partial charge < -0.3 is 15.0 Å². The molecule has 0 saturated carbocycles. The Morgan fingerprint density at radius 1 is 0.740 bits per heavy atom. The van der Waals surface area contributed by atoms with Crippen molar-refractivity contribution in [3.8, 4) is 11.5 Å². The number of nitrogens with one attached hydrogen (secondary N) is 1. The second kappa shape index (κ2) is 16.1. The summed E-state index contributed by atoms with van der Waals surface area (Å²) in [7, 11) is -4.24. The van der Waals surface area contributed by atoms with E-state index in [4.69, 9.17) is 16.3 Å². The first kappa shape index (κ1) is 36.2. The van der Waals surface area contributed by atoms with Gasteiger partial charge in [0.1, 0.15) is 24.1 Å². The molecule has 10 heteroatoms. The number of halogens is 1. The van der Waals surface area contributed by atoms with Gasteiger partial charge in [0.05, 0.1) is 10.6 Å². The van der Waals surface area contributed by atoms with Gasteiger partial charge in [-0.25, -0.2) is 8.42 Å². The molecule has 0 heterocycles. The first-order valence-corrected chi connectivity index (χ1v) is 18.0. The molecule has 5 aromatic rings. The van der Waals surface area contributed by atoms with Gasteiger partial charge in [0.25, 0.3) is 10.0 Å². The maximum atomic E-state index is 14.7. The molecular formula is C40H40ClN3O5S. The van der Waals surface area contributed by atoms with Gasteiger partial charge in [0.2, 0.25) is 11.8 Å². The van der Waals surface area contributed by atoms with Gasteiger partial charge in [-0.2, -0.15) is 0 Å². The highest BCUT2D eigenvalue weighted by Gasteiger charge is 2.35. The lowest BCUT2D eigenvalue weighted by molar-refractivity contribution is -0.140. The summed E-state index contributed by atoms with van der Waals surface area (Å²) in [6.07, 6.45) is 0.200. The van der Waals surface area contributed by atoms with E-state index in [0.29, 0.717) is 22.1 Å². The Labute approximate surface area is 299 Å². The molecule has 0 aliphatic carbocycles. The van der Waals surface area contributed by atoms with Crippen molar-refractivity contribution < 1.29 is 22.7 Å². The van der Waals surface area contributed by atoms with Crippen molar-refractivity contribution in [1.29, 1.82) is 0 Å². The van der Waals surface area contributed by atoms with Crippen molar-refractivity contribution in [2.45, 2.75) is 50.2 Å². The van der Waals surface area contributed by atoms with Crippen LogP contribution in [0.15, 0.2) is 144 Å². The van der Waals surface area contributed by atoms with E-state index < -0.39 is 34.1 Å². The highest BCUT2D eigenvalue weighted by Crippen LogP contribution is 2.29. The molecule has 0 aliphatic heterocycles. The molecule has 0 fully saturated rings. The number of hydrogen-bond acceptors (Lipinski definition) is 5. The topological polar surface area (TPSA) is 96.0 Å². The van der Waals surface area contributed by atoms with Crippen LogP contribution in [0, 0.1) is 0 Å². The lowest BCUT2D eigenvalue weighted by Crippen LogP contribution is -2.56. The van der Waals surface area contributed by atoms with Gasteiger partial charge in [-0.05, 0) is 92.6 Å². The molecule has 0 aromatic heterocycles. The van der Waals surface area contributed by atoms with Gasteiger partial charge >= 0.3 is 0 Å². The standard InChI is InChI=1S/C40H40ClN3O5S/c1-40(2,3)42-39(46)37(27-30-14-7-4-8-15-30)43(28-31-16-13-17-32(41)26-31)38(45)29-44(50(47,48)36-20-11-6-12-21-36)33-22-24-35(25-23-33)49-34-18-9-5-10-19-34/h4-26,37H,27-29H2,1-3H3,(H,42,46)/t37-/m1/s1. The molecule has 0 radical (unpaired) electrons. The number of hydrogen-bond donors (Lipinski definition) is 1. The van der Waals surface area contributed by atoms with E-state index in [0.717, 1.165) is 9.87 Å². The SMILES string of the molecule is CC(C)(C)NC(=O)[C@@H](Cc1ccccc1)N(Cc1cccc(Cl)c1)C(=O)CN(c1ccc(Oc2ccccc2)cc1)S(=O)(=O)c1ccccc1. The average molecular weight is 710 g/mol. The molecule has 0 aliphatic rings. The van der Waals surface area contributed by atoms with Crippen LogP contribution in [0.4, 0.5) is 5.69 Å². The van der Waals surface area contributed by atoms with E-state index in [-0.39, 0.29) is 29.5 Å². The summed E-state index contributed by atoms with van der Waals surface area (Å²) in [4.78, 5) is 30.2. The Morgan fingerprint density at radius 2 is 1.30 bits per heavy atom. The van der Waals surface area contributed by atoms with Crippen LogP contribution < -0.4 is 14.4 Å². The van der Waals surface area contributed by atoms with E-state index in [1.165, 1.54) is 17.0 Å². The smallest absolute Gasteiger partial charge is 0.264 e. The van der Waals surface area contributed by atoms with Gasteiger partial charge in [-0.3, -0.25) is 13.9 Å². The lowest BCUT2D eigenvalue weighted by Gasteiger charge is -2.35. The normalized spacial score (nSPS) is 12.1. The summed E-state index contributed by atoms with van der Waals surface area (Å²) < 4.78 is 35.6. The molecule has 8 nitrogen and oxygen atoms in total. The fourth-order valence-electron chi connectivity index (χ4n) is 5.39. The number of ether oxygens (including phenoxy) is 1. The van der Waals surface area contributed by atoms with Gasteiger partial charge in [-0.15, -0.1) is 0 Å². The minimum atomic E-state index is -4.24. The van der Waals surface area contributed by atoms with Crippen LogP contribution >= 0.6 is 11.6 Å². The summed E-state index contributed by atoms with van der Waals surface area (Å²) >= 11 is 6.34. The summed E-state index contributed by atoms with van der Waals surface area (Å²) in [6.45, 7) is 5.04. The Hall–Kier alpha value is -5.12. The number of carbonyl (C=O) groups is 2. The lowest BCUT2D eigenvalue weighted by atomic mass is 10.0. The predicted octanol–water partition coefficient (Wildman–Crippen LogP) is 7.88. The van der Waals surface area contributed by atoms with Gasteiger partial charge in [0, 0.05) is 23.5 Å². The Morgan fingerprint density at radius 3 is 1.90 bits per heavy atom. The van der Waals surface area contributed by atoms with Crippen LogP contribution in [0.2, 0.25) is 5.02 Å². The predicted molar refractivity (Wildman–Crippen MR) is 198 cm³/mol. The van der Waals surface area contributed by atoms with Crippen LogP contribution in [0.5, 0.6) is 11.5 Å². The fraction of sp³-hybridized carbons (Fsp3) is 0.200. The van der Waals surface area contributed by atoms with E-state index >= 15 is 0 Å². The van der Waals surface area contributed by atoms with E-state index in [9.17, 15) is 18.0 Å². The van der Waals surface area contributed by atoms with Crippen LogP contribution in [0.25, 0.3) is 0 Å². The third-order valence-corrected chi connectivity index (χ3v) is 9.75. The van der Waals surface area contributed by atoms with E-state index in [2.05, 4.69) is 5.32 Å². The van der Waals surface area contributed by atoms with Gasteiger partial charge in [-0.1, -0.05) is 90.5 Å². The minimum absolute atomic E-state index is 0.0114. The molecule has 0 saturated heterocycles. The molecule has 2 amide bonds. The number of sulfonamides is 1. The Bertz CT molecular complexity index is 1990. The maximum Gasteiger partial charge on any atom is 0.264 e. The average Bonchev–Trinajstić information content (AvgIpc) is 3.09. The van der Waals surface area contributed by atoms with Crippen molar-refractivity contribution in [1.82, 2.24) is 10.2 Å². The first-order chi connectivity index (χ1) is 23.9. The van der Waals surface area contributed by atoms with E-state index in [1.807, 2.05) is 87.5 Å². The van der Waals surface area contributed by atoms with Crippen LogP contribution in [0.3, 0.4) is 0 Å². The molecular weight excluding hydrogens is 670 g/mol. The third kappa shape index (κ3) is 9.74. The summed E-state index contributed by atoms with van der Waals surface area (Å²) in [5.41, 5.74) is 1.19. The van der Waals surface area contributed by atoms with Crippen molar-refractivity contribution in [2.24, 2.45) is 0 Å². The quantitative estimate of drug-likeness (QED) is 0.134. The van der Waals surface area contributed by atoms with Crippen LogP contribution in [0.1, 0.15) is 31.9 Å². The first-order valence-electron chi connectivity index (χ1n) is 16.2. The molecule has 5 rings (SSSR count). The number of nitrogens with zero attached hydrogens (tertiary/aromatic N) is 2. The number of carbonyl (C=O) groups excluding carboxylic acids is 2. The molecule has 1 N–H and O–H groups in total. The molecule has 0 bridgehead atoms. The highest BCUT2D eigenvalue weighted by molar-refractivity contribution is 7.92.